The summed E-state index contributed by atoms with van der Waals surface area (Å²) in [6.45, 7) is 0.994. The molecule has 3 rings (SSSR count). The number of nitrogens with zero attached hydrogens (tertiary/aromatic N) is 2. The maximum atomic E-state index is 12.7. The Morgan fingerprint density at radius 1 is 1.10 bits per heavy atom. The van der Waals surface area contributed by atoms with Gasteiger partial charge in [0.15, 0.2) is 0 Å². The van der Waals surface area contributed by atoms with E-state index >= 15 is 0 Å². The standard InChI is InChI=1S/C14H14Cl2N2O2/c15-9-3-1-4-10(16)13(9)18-8-6-12(19)17-7-2-5-11(17)14(18)20/h1,3-4,11H,2,5-8H2. The third kappa shape index (κ3) is 2.17. The maximum absolute atomic E-state index is 12.7. The van der Waals surface area contributed by atoms with E-state index < -0.39 is 0 Å². The van der Waals surface area contributed by atoms with Crippen LogP contribution >= 0.6 is 23.2 Å². The Morgan fingerprint density at radius 2 is 1.80 bits per heavy atom. The number of rotatable bonds is 1. The number of amides is 2. The van der Waals surface area contributed by atoms with Crippen LogP contribution < -0.4 is 4.90 Å². The number of halogens is 2. The molecule has 1 aromatic rings. The van der Waals surface area contributed by atoms with Crippen LogP contribution in [0.1, 0.15) is 19.3 Å². The monoisotopic (exact) mass is 312 g/mol. The van der Waals surface area contributed by atoms with Crippen LogP contribution in [0.5, 0.6) is 0 Å². The lowest BCUT2D eigenvalue weighted by Crippen LogP contribution is -2.43. The molecule has 2 aliphatic heterocycles. The van der Waals surface area contributed by atoms with Gasteiger partial charge in [0, 0.05) is 19.5 Å². The lowest BCUT2D eigenvalue weighted by Gasteiger charge is -2.26. The third-order valence-corrected chi connectivity index (χ3v) is 4.49. The molecule has 2 saturated heterocycles. The zero-order valence-corrected chi connectivity index (χ0v) is 12.3. The highest BCUT2D eigenvalue weighted by atomic mass is 35.5. The second-order valence-electron chi connectivity index (χ2n) is 5.06. The number of anilines is 1. The van der Waals surface area contributed by atoms with E-state index in [1.54, 1.807) is 28.0 Å². The van der Waals surface area contributed by atoms with Gasteiger partial charge >= 0.3 is 0 Å². The Hall–Kier alpha value is -1.26. The van der Waals surface area contributed by atoms with Gasteiger partial charge in [-0.1, -0.05) is 29.3 Å². The van der Waals surface area contributed by atoms with Crippen molar-refractivity contribution in [2.75, 3.05) is 18.0 Å². The molecule has 20 heavy (non-hydrogen) atoms. The minimum absolute atomic E-state index is 0.0338. The van der Waals surface area contributed by atoms with Crippen molar-refractivity contribution in [3.05, 3.63) is 28.2 Å². The smallest absolute Gasteiger partial charge is 0.249 e. The SMILES string of the molecule is O=C1C2CCCN2C(=O)CCN1c1c(Cl)cccc1Cl. The Morgan fingerprint density at radius 3 is 2.50 bits per heavy atom. The van der Waals surface area contributed by atoms with Crippen molar-refractivity contribution in [1.82, 2.24) is 4.90 Å². The summed E-state index contributed by atoms with van der Waals surface area (Å²) in [5.74, 6) is -0.0464. The van der Waals surface area contributed by atoms with E-state index in [9.17, 15) is 9.59 Å². The zero-order chi connectivity index (χ0) is 14.3. The van der Waals surface area contributed by atoms with Gasteiger partial charge in [-0.3, -0.25) is 9.59 Å². The Balaban J connectivity index is 2.01. The van der Waals surface area contributed by atoms with Gasteiger partial charge in [0.2, 0.25) is 11.8 Å². The molecule has 106 valence electrons. The van der Waals surface area contributed by atoms with Gasteiger partial charge in [0.1, 0.15) is 6.04 Å². The first-order valence-corrected chi connectivity index (χ1v) is 7.40. The molecule has 6 heteroatoms. The molecule has 0 saturated carbocycles. The van der Waals surface area contributed by atoms with Gasteiger partial charge in [-0.05, 0) is 25.0 Å². The molecule has 0 N–H and O–H groups in total. The molecule has 1 atom stereocenters. The van der Waals surface area contributed by atoms with E-state index in [1.807, 2.05) is 0 Å². The number of hydrogen-bond donors (Lipinski definition) is 0. The summed E-state index contributed by atoms with van der Waals surface area (Å²) in [4.78, 5) is 28.0. The molecule has 1 unspecified atom stereocenters. The van der Waals surface area contributed by atoms with Crippen LogP contribution in [0.2, 0.25) is 10.0 Å². The summed E-state index contributed by atoms with van der Waals surface area (Å²) in [7, 11) is 0. The highest BCUT2D eigenvalue weighted by Gasteiger charge is 2.40. The summed E-state index contributed by atoms with van der Waals surface area (Å²) in [5, 5.41) is 0.870. The molecular weight excluding hydrogens is 299 g/mol. The topological polar surface area (TPSA) is 40.6 Å². The number of para-hydroxylation sites is 1. The van der Waals surface area contributed by atoms with E-state index in [1.165, 1.54) is 0 Å². The van der Waals surface area contributed by atoms with Gasteiger partial charge in [-0.15, -0.1) is 0 Å². The predicted molar refractivity (Wildman–Crippen MR) is 78.2 cm³/mol. The predicted octanol–water partition coefficient (Wildman–Crippen LogP) is 2.72. The van der Waals surface area contributed by atoms with Crippen LogP contribution in [0.3, 0.4) is 0 Å². The van der Waals surface area contributed by atoms with Crippen molar-refractivity contribution in [2.24, 2.45) is 0 Å². The van der Waals surface area contributed by atoms with Crippen LogP contribution in [-0.4, -0.2) is 35.8 Å². The quantitative estimate of drug-likeness (QED) is 0.800. The summed E-state index contributed by atoms with van der Waals surface area (Å²) < 4.78 is 0. The van der Waals surface area contributed by atoms with Crippen LogP contribution in [0.15, 0.2) is 18.2 Å². The second kappa shape index (κ2) is 5.26. The van der Waals surface area contributed by atoms with Gasteiger partial charge < -0.3 is 9.80 Å². The van der Waals surface area contributed by atoms with E-state index in [2.05, 4.69) is 0 Å². The van der Waals surface area contributed by atoms with Crippen LogP contribution in [-0.2, 0) is 9.59 Å². The van der Waals surface area contributed by atoms with Crippen molar-refractivity contribution in [2.45, 2.75) is 25.3 Å². The number of hydrogen-bond acceptors (Lipinski definition) is 2. The molecule has 1 aromatic carbocycles. The van der Waals surface area contributed by atoms with Gasteiger partial charge in [0.25, 0.3) is 0 Å². The number of carbonyl (C=O) groups is 2. The maximum Gasteiger partial charge on any atom is 0.249 e. The number of carbonyl (C=O) groups excluding carboxylic acids is 2. The van der Waals surface area contributed by atoms with Crippen LogP contribution in [0.4, 0.5) is 5.69 Å². The van der Waals surface area contributed by atoms with E-state index in [-0.39, 0.29) is 17.9 Å². The summed E-state index contributed by atoms with van der Waals surface area (Å²) in [5.41, 5.74) is 0.516. The molecule has 0 aliphatic carbocycles. The van der Waals surface area contributed by atoms with E-state index in [0.717, 1.165) is 6.42 Å². The van der Waals surface area contributed by atoms with Crippen molar-refractivity contribution in [3.63, 3.8) is 0 Å². The molecule has 2 aliphatic rings. The summed E-state index contributed by atoms with van der Waals surface area (Å²) in [6, 6.07) is 4.78. The van der Waals surface area contributed by atoms with Gasteiger partial charge in [0.05, 0.1) is 15.7 Å². The fraction of sp³-hybridized carbons (Fsp3) is 0.429. The number of benzene rings is 1. The fourth-order valence-electron chi connectivity index (χ4n) is 2.93. The minimum Gasteiger partial charge on any atom is -0.331 e. The first kappa shape index (κ1) is 13.7. The fourth-order valence-corrected chi connectivity index (χ4v) is 3.53. The van der Waals surface area contributed by atoms with Crippen LogP contribution in [0.25, 0.3) is 0 Å². The summed E-state index contributed by atoms with van der Waals surface area (Å²) in [6.07, 6.45) is 1.89. The highest BCUT2D eigenvalue weighted by Crippen LogP contribution is 2.36. The molecule has 4 nitrogen and oxygen atoms in total. The molecular formula is C14H14Cl2N2O2. The van der Waals surface area contributed by atoms with Gasteiger partial charge in [-0.25, -0.2) is 0 Å². The largest absolute Gasteiger partial charge is 0.331 e. The van der Waals surface area contributed by atoms with Crippen LogP contribution in [0, 0.1) is 0 Å². The van der Waals surface area contributed by atoms with Crippen molar-refractivity contribution >= 4 is 40.7 Å². The lowest BCUT2D eigenvalue weighted by molar-refractivity contribution is -0.135. The zero-order valence-electron chi connectivity index (χ0n) is 10.8. The Kier molecular flexibility index (Phi) is 3.61. The van der Waals surface area contributed by atoms with E-state index in [4.69, 9.17) is 23.2 Å². The average Bonchev–Trinajstić information content (AvgIpc) is 2.86. The molecule has 0 radical (unpaired) electrons. The average molecular weight is 313 g/mol. The first-order chi connectivity index (χ1) is 9.59. The van der Waals surface area contributed by atoms with Crippen molar-refractivity contribution in [3.8, 4) is 0 Å². The Labute approximate surface area is 127 Å². The molecule has 0 spiro atoms. The molecule has 2 amide bonds. The highest BCUT2D eigenvalue weighted by molar-refractivity contribution is 6.40. The van der Waals surface area contributed by atoms with Crippen molar-refractivity contribution in [1.29, 1.82) is 0 Å². The molecule has 2 fully saturated rings. The lowest BCUT2D eigenvalue weighted by atomic mass is 10.2. The normalized spacial score (nSPS) is 23.0. The minimum atomic E-state index is -0.364. The first-order valence-electron chi connectivity index (χ1n) is 6.64. The molecule has 0 aromatic heterocycles. The number of fused-ring (bicyclic) bond motifs is 1. The third-order valence-electron chi connectivity index (χ3n) is 3.88. The Bertz CT molecular complexity index is 556. The van der Waals surface area contributed by atoms with E-state index in [0.29, 0.717) is 41.7 Å². The molecule has 0 bridgehead atoms. The van der Waals surface area contributed by atoms with Crippen molar-refractivity contribution < 1.29 is 9.59 Å². The summed E-state index contributed by atoms with van der Waals surface area (Å²) >= 11 is 12.4. The van der Waals surface area contributed by atoms with Gasteiger partial charge in [-0.2, -0.15) is 0 Å². The molecule has 2 heterocycles. The second-order valence-corrected chi connectivity index (χ2v) is 5.87.